The summed E-state index contributed by atoms with van der Waals surface area (Å²) in [5.74, 6) is 1.24. The Morgan fingerprint density at radius 3 is 3.08 bits per heavy atom. The lowest BCUT2D eigenvalue weighted by molar-refractivity contribution is -0.111. The summed E-state index contributed by atoms with van der Waals surface area (Å²) < 4.78 is 5.15. The first-order valence-corrected chi connectivity index (χ1v) is 4.30. The van der Waals surface area contributed by atoms with Crippen LogP contribution in [0.4, 0.5) is 0 Å². The number of allylic oxidation sites excluding steroid dienone is 3. The molecule has 0 aromatic heterocycles. The number of carbonyl (C=O) groups excluding carboxylic acids is 1. The quantitative estimate of drug-likeness (QED) is 0.356. The highest BCUT2D eigenvalue weighted by molar-refractivity contribution is 5.50. The number of hydrogen-bond donors (Lipinski definition) is 0. The van der Waals surface area contributed by atoms with Crippen molar-refractivity contribution in [2.75, 3.05) is 13.2 Å². The molecule has 0 amide bonds. The molecular formula is C10H12O2. The average molecular weight is 164 g/mol. The number of fused-ring (bicyclic) bond motifs is 2. The first-order chi connectivity index (χ1) is 5.90. The minimum atomic E-state index is 0.221. The number of rotatable bonds is 4. The summed E-state index contributed by atoms with van der Waals surface area (Å²) in [6.07, 6.45) is 8.76. The van der Waals surface area contributed by atoms with Crippen molar-refractivity contribution < 1.29 is 9.53 Å². The van der Waals surface area contributed by atoms with Gasteiger partial charge in [-0.25, -0.2) is 0 Å². The predicted octanol–water partition coefficient (Wildman–Crippen LogP) is 1.33. The number of ether oxygens (including phenoxy) is 1. The molecule has 0 spiro atoms. The summed E-state index contributed by atoms with van der Waals surface area (Å²) in [5.41, 5.74) is 1.35. The van der Waals surface area contributed by atoms with Crippen LogP contribution in [0.1, 0.15) is 6.42 Å². The molecule has 0 fully saturated rings. The van der Waals surface area contributed by atoms with E-state index in [1.54, 1.807) is 0 Å². The molecule has 2 aliphatic carbocycles. The van der Waals surface area contributed by atoms with Crippen LogP contribution in [0.5, 0.6) is 0 Å². The van der Waals surface area contributed by atoms with Gasteiger partial charge in [-0.2, -0.15) is 0 Å². The smallest absolute Gasteiger partial charge is 0.145 e. The molecule has 2 rings (SSSR count). The van der Waals surface area contributed by atoms with E-state index in [2.05, 4.69) is 18.2 Å². The van der Waals surface area contributed by atoms with Gasteiger partial charge in [0, 0.05) is 5.92 Å². The van der Waals surface area contributed by atoms with Gasteiger partial charge in [-0.15, -0.1) is 0 Å². The van der Waals surface area contributed by atoms with Gasteiger partial charge in [-0.1, -0.05) is 18.2 Å². The maximum Gasteiger partial charge on any atom is 0.145 e. The van der Waals surface area contributed by atoms with Crippen molar-refractivity contribution in [3.8, 4) is 0 Å². The van der Waals surface area contributed by atoms with E-state index in [4.69, 9.17) is 4.74 Å². The first kappa shape index (κ1) is 7.74. The predicted molar refractivity (Wildman–Crippen MR) is 45.7 cm³/mol. The third kappa shape index (κ3) is 1.34. The Balaban J connectivity index is 1.83. The normalized spacial score (nSPS) is 30.8. The molecule has 12 heavy (non-hydrogen) atoms. The summed E-state index contributed by atoms with van der Waals surface area (Å²) in [6.45, 7) is 0.850. The standard InChI is InChI=1S/C10H12O2/c11-3-4-12-7-10-6-8-1-2-9(10)5-8/h1-3,6,8-9H,4-5,7H2. The molecule has 64 valence electrons. The molecule has 2 aliphatic rings. The fourth-order valence-electron chi connectivity index (χ4n) is 1.90. The molecule has 0 aromatic carbocycles. The fourth-order valence-corrected chi connectivity index (χ4v) is 1.90. The Labute approximate surface area is 71.9 Å². The molecule has 0 saturated heterocycles. The second kappa shape index (κ2) is 3.23. The van der Waals surface area contributed by atoms with Crippen LogP contribution in [0, 0.1) is 11.8 Å². The lowest BCUT2D eigenvalue weighted by Crippen LogP contribution is -2.04. The van der Waals surface area contributed by atoms with Crippen molar-refractivity contribution in [3.05, 3.63) is 23.8 Å². The zero-order valence-electron chi connectivity index (χ0n) is 6.90. The Kier molecular flexibility index (Phi) is 2.09. The van der Waals surface area contributed by atoms with Gasteiger partial charge in [-0.05, 0) is 17.9 Å². The van der Waals surface area contributed by atoms with Gasteiger partial charge in [0.2, 0.25) is 0 Å². The Hall–Kier alpha value is -0.890. The van der Waals surface area contributed by atoms with Gasteiger partial charge < -0.3 is 9.53 Å². The highest BCUT2D eigenvalue weighted by Crippen LogP contribution is 2.37. The second-order valence-electron chi connectivity index (χ2n) is 3.31. The van der Waals surface area contributed by atoms with E-state index in [0.29, 0.717) is 18.4 Å². The lowest BCUT2D eigenvalue weighted by Gasteiger charge is -2.08. The van der Waals surface area contributed by atoms with Crippen LogP contribution in [0.25, 0.3) is 0 Å². The molecule has 2 unspecified atom stereocenters. The summed E-state index contributed by atoms with van der Waals surface area (Å²) in [7, 11) is 0. The van der Waals surface area contributed by atoms with Crippen molar-refractivity contribution in [2.45, 2.75) is 6.42 Å². The molecule has 0 aliphatic heterocycles. The number of carbonyl (C=O) groups is 1. The SMILES string of the molecule is O=CCOCC1=CC2C=CC1C2. The monoisotopic (exact) mass is 164 g/mol. The molecule has 2 atom stereocenters. The first-order valence-electron chi connectivity index (χ1n) is 4.30. The van der Waals surface area contributed by atoms with Crippen LogP contribution < -0.4 is 0 Å². The Morgan fingerprint density at radius 2 is 2.50 bits per heavy atom. The summed E-state index contributed by atoms with van der Waals surface area (Å²) in [6, 6.07) is 0. The van der Waals surface area contributed by atoms with Crippen molar-refractivity contribution >= 4 is 6.29 Å². The molecular weight excluding hydrogens is 152 g/mol. The number of aldehydes is 1. The van der Waals surface area contributed by atoms with E-state index in [1.165, 1.54) is 12.0 Å². The van der Waals surface area contributed by atoms with Crippen molar-refractivity contribution in [1.29, 1.82) is 0 Å². The van der Waals surface area contributed by atoms with Gasteiger partial charge in [0.25, 0.3) is 0 Å². The molecule has 2 nitrogen and oxygen atoms in total. The third-order valence-corrected chi connectivity index (χ3v) is 2.48. The summed E-state index contributed by atoms with van der Waals surface area (Å²) in [4.78, 5) is 9.98. The van der Waals surface area contributed by atoms with Gasteiger partial charge >= 0.3 is 0 Å². The fraction of sp³-hybridized carbons (Fsp3) is 0.500. The van der Waals surface area contributed by atoms with Crippen LogP contribution in [-0.2, 0) is 9.53 Å². The van der Waals surface area contributed by atoms with E-state index in [1.807, 2.05) is 0 Å². The highest BCUT2D eigenvalue weighted by Gasteiger charge is 2.27. The van der Waals surface area contributed by atoms with Crippen molar-refractivity contribution in [3.63, 3.8) is 0 Å². The zero-order chi connectivity index (χ0) is 8.39. The minimum Gasteiger partial charge on any atom is -0.370 e. The van der Waals surface area contributed by atoms with E-state index in [0.717, 1.165) is 6.29 Å². The molecule has 0 heterocycles. The minimum absolute atomic E-state index is 0.221. The van der Waals surface area contributed by atoms with Gasteiger partial charge in [-0.3, -0.25) is 0 Å². The van der Waals surface area contributed by atoms with Gasteiger partial charge in [0.05, 0.1) is 6.61 Å². The highest BCUT2D eigenvalue weighted by atomic mass is 16.5. The maximum absolute atomic E-state index is 9.98. The second-order valence-corrected chi connectivity index (χ2v) is 3.31. The van der Waals surface area contributed by atoms with E-state index >= 15 is 0 Å². The topological polar surface area (TPSA) is 26.3 Å². The van der Waals surface area contributed by atoms with E-state index in [-0.39, 0.29) is 6.61 Å². The maximum atomic E-state index is 9.98. The van der Waals surface area contributed by atoms with Crippen LogP contribution >= 0.6 is 0 Å². The summed E-state index contributed by atoms with van der Waals surface area (Å²) >= 11 is 0. The van der Waals surface area contributed by atoms with E-state index in [9.17, 15) is 4.79 Å². The average Bonchev–Trinajstić information content (AvgIpc) is 2.65. The molecule has 0 N–H and O–H groups in total. The lowest BCUT2D eigenvalue weighted by atomic mass is 10.0. The molecule has 2 heteroatoms. The zero-order valence-corrected chi connectivity index (χ0v) is 6.90. The number of hydrogen-bond acceptors (Lipinski definition) is 2. The van der Waals surface area contributed by atoms with Crippen LogP contribution in [0.15, 0.2) is 23.8 Å². The molecule has 2 bridgehead atoms. The molecule has 0 aromatic rings. The summed E-state index contributed by atoms with van der Waals surface area (Å²) in [5, 5.41) is 0. The Morgan fingerprint density at radius 1 is 1.58 bits per heavy atom. The van der Waals surface area contributed by atoms with Crippen LogP contribution in [0.3, 0.4) is 0 Å². The van der Waals surface area contributed by atoms with Crippen LogP contribution in [0.2, 0.25) is 0 Å². The largest absolute Gasteiger partial charge is 0.370 e. The molecule has 0 saturated carbocycles. The van der Waals surface area contributed by atoms with Crippen molar-refractivity contribution in [1.82, 2.24) is 0 Å². The third-order valence-electron chi connectivity index (χ3n) is 2.48. The van der Waals surface area contributed by atoms with Gasteiger partial charge in [0.15, 0.2) is 0 Å². The Bertz CT molecular complexity index is 240. The van der Waals surface area contributed by atoms with Gasteiger partial charge in [0.1, 0.15) is 12.9 Å². The van der Waals surface area contributed by atoms with Crippen LogP contribution in [-0.4, -0.2) is 19.5 Å². The van der Waals surface area contributed by atoms with Crippen molar-refractivity contribution in [2.24, 2.45) is 11.8 Å². The molecule has 0 radical (unpaired) electrons. The van der Waals surface area contributed by atoms with E-state index < -0.39 is 0 Å².